The quantitative estimate of drug-likeness (QED) is 0.699. The molecule has 1 N–H and O–H groups in total. The minimum atomic E-state index is 0.490. The molecule has 1 rings (SSSR count). The molecule has 1 fully saturated rings. The SMILES string of the molecule is CCNC1CCC(C(C)(C)CC)CC1N(C)C(CC)CC. The molecule has 0 aliphatic heterocycles. The summed E-state index contributed by atoms with van der Waals surface area (Å²) in [5.74, 6) is 0.874. The predicted molar refractivity (Wildman–Crippen MR) is 94.8 cm³/mol. The van der Waals surface area contributed by atoms with Gasteiger partial charge >= 0.3 is 0 Å². The summed E-state index contributed by atoms with van der Waals surface area (Å²) in [4.78, 5) is 2.70. The van der Waals surface area contributed by atoms with Gasteiger partial charge in [-0.3, -0.25) is 4.90 Å². The Bertz CT molecular complexity index is 283. The van der Waals surface area contributed by atoms with E-state index in [9.17, 15) is 0 Å². The zero-order chi connectivity index (χ0) is 16.0. The van der Waals surface area contributed by atoms with Gasteiger partial charge in [0, 0.05) is 18.1 Å². The molecule has 3 atom stereocenters. The van der Waals surface area contributed by atoms with Crippen molar-refractivity contribution in [2.24, 2.45) is 11.3 Å². The van der Waals surface area contributed by atoms with Crippen molar-refractivity contribution in [1.29, 1.82) is 0 Å². The molecule has 2 nitrogen and oxygen atoms in total. The van der Waals surface area contributed by atoms with Gasteiger partial charge in [0.25, 0.3) is 0 Å². The van der Waals surface area contributed by atoms with Crippen LogP contribution >= 0.6 is 0 Å². The normalized spacial score (nSPS) is 27.6. The van der Waals surface area contributed by atoms with Gasteiger partial charge in [-0.2, -0.15) is 0 Å². The van der Waals surface area contributed by atoms with Crippen LogP contribution in [-0.4, -0.2) is 36.6 Å². The van der Waals surface area contributed by atoms with E-state index in [0.717, 1.165) is 18.5 Å². The van der Waals surface area contributed by atoms with Crippen LogP contribution in [-0.2, 0) is 0 Å². The lowest BCUT2D eigenvalue weighted by Gasteiger charge is -2.48. The second kappa shape index (κ2) is 8.53. The van der Waals surface area contributed by atoms with E-state index in [2.05, 4.69) is 58.8 Å². The summed E-state index contributed by atoms with van der Waals surface area (Å²) < 4.78 is 0. The maximum Gasteiger partial charge on any atom is 0.0252 e. The largest absolute Gasteiger partial charge is 0.313 e. The number of rotatable bonds is 8. The van der Waals surface area contributed by atoms with E-state index in [4.69, 9.17) is 0 Å². The molecule has 1 aliphatic rings. The maximum atomic E-state index is 3.77. The van der Waals surface area contributed by atoms with E-state index in [1.807, 2.05) is 0 Å². The lowest BCUT2D eigenvalue weighted by molar-refractivity contribution is 0.0404. The summed E-state index contributed by atoms with van der Waals surface area (Å²) in [6, 6.07) is 2.13. The summed E-state index contributed by atoms with van der Waals surface area (Å²) in [6.07, 6.45) is 7.94. The molecule has 0 aromatic rings. The summed E-state index contributed by atoms with van der Waals surface area (Å²) in [7, 11) is 2.37. The van der Waals surface area contributed by atoms with Crippen molar-refractivity contribution in [3.63, 3.8) is 0 Å². The van der Waals surface area contributed by atoms with Crippen LogP contribution in [0.5, 0.6) is 0 Å². The van der Waals surface area contributed by atoms with Gasteiger partial charge in [0.15, 0.2) is 0 Å². The van der Waals surface area contributed by atoms with Crippen molar-refractivity contribution >= 4 is 0 Å². The molecular weight excluding hydrogens is 256 g/mol. The number of nitrogens with one attached hydrogen (secondary N) is 1. The van der Waals surface area contributed by atoms with Crippen molar-refractivity contribution < 1.29 is 0 Å². The predicted octanol–water partition coefficient (Wildman–Crippen LogP) is 4.69. The van der Waals surface area contributed by atoms with Gasteiger partial charge in [-0.25, -0.2) is 0 Å². The molecule has 0 radical (unpaired) electrons. The van der Waals surface area contributed by atoms with E-state index in [-0.39, 0.29) is 0 Å². The van der Waals surface area contributed by atoms with Crippen LogP contribution in [0.3, 0.4) is 0 Å². The zero-order valence-electron chi connectivity index (χ0n) is 15.7. The Balaban J connectivity index is 2.85. The van der Waals surface area contributed by atoms with E-state index in [1.54, 1.807) is 0 Å². The van der Waals surface area contributed by atoms with Crippen LogP contribution in [0.2, 0.25) is 0 Å². The van der Waals surface area contributed by atoms with Crippen LogP contribution in [0, 0.1) is 11.3 Å². The highest BCUT2D eigenvalue weighted by atomic mass is 15.2. The van der Waals surface area contributed by atoms with Crippen molar-refractivity contribution in [3.8, 4) is 0 Å². The lowest BCUT2D eigenvalue weighted by Crippen LogP contribution is -2.55. The number of likely N-dealkylation sites (N-methyl/N-ethyl adjacent to an activating group) is 2. The van der Waals surface area contributed by atoms with E-state index in [0.29, 0.717) is 17.5 Å². The molecule has 1 aliphatic carbocycles. The Morgan fingerprint density at radius 3 is 2.19 bits per heavy atom. The number of hydrogen-bond donors (Lipinski definition) is 1. The summed E-state index contributed by atoms with van der Waals surface area (Å²) >= 11 is 0. The van der Waals surface area contributed by atoms with E-state index in [1.165, 1.54) is 38.5 Å². The second-order valence-electron chi connectivity index (χ2n) is 7.72. The molecule has 0 spiro atoms. The van der Waals surface area contributed by atoms with Crippen molar-refractivity contribution in [1.82, 2.24) is 10.2 Å². The van der Waals surface area contributed by atoms with Gasteiger partial charge < -0.3 is 5.32 Å². The van der Waals surface area contributed by atoms with Crippen molar-refractivity contribution in [2.75, 3.05) is 13.6 Å². The van der Waals surface area contributed by atoms with Gasteiger partial charge in [-0.1, -0.05) is 48.0 Å². The highest BCUT2D eigenvalue weighted by Gasteiger charge is 2.39. The minimum absolute atomic E-state index is 0.490. The highest BCUT2D eigenvalue weighted by Crippen LogP contribution is 2.42. The molecule has 1 saturated carbocycles. The van der Waals surface area contributed by atoms with E-state index < -0.39 is 0 Å². The van der Waals surface area contributed by atoms with E-state index >= 15 is 0 Å². The van der Waals surface area contributed by atoms with Crippen LogP contribution in [0.15, 0.2) is 0 Å². The summed E-state index contributed by atoms with van der Waals surface area (Å²) in [5, 5.41) is 3.77. The van der Waals surface area contributed by atoms with Crippen LogP contribution in [0.1, 0.15) is 80.1 Å². The van der Waals surface area contributed by atoms with Crippen LogP contribution in [0.25, 0.3) is 0 Å². The first kappa shape index (κ1) is 19.0. The fourth-order valence-electron chi connectivity index (χ4n) is 4.23. The van der Waals surface area contributed by atoms with Crippen molar-refractivity contribution in [3.05, 3.63) is 0 Å². The lowest BCUT2D eigenvalue weighted by atomic mass is 9.67. The smallest absolute Gasteiger partial charge is 0.0252 e. The maximum absolute atomic E-state index is 3.77. The monoisotopic (exact) mass is 296 g/mol. The van der Waals surface area contributed by atoms with Gasteiger partial charge in [0.1, 0.15) is 0 Å². The molecule has 21 heavy (non-hydrogen) atoms. The molecular formula is C19H40N2. The summed E-state index contributed by atoms with van der Waals surface area (Å²) in [5.41, 5.74) is 0.490. The van der Waals surface area contributed by atoms with Gasteiger partial charge in [-0.05, 0) is 57.0 Å². The second-order valence-corrected chi connectivity index (χ2v) is 7.72. The Morgan fingerprint density at radius 2 is 1.71 bits per heavy atom. The first-order valence-corrected chi connectivity index (χ1v) is 9.36. The third-order valence-electron chi connectivity index (χ3n) is 6.34. The topological polar surface area (TPSA) is 15.3 Å². The molecule has 0 saturated heterocycles. The van der Waals surface area contributed by atoms with Gasteiger partial charge in [0.2, 0.25) is 0 Å². The van der Waals surface area contributed by atoms with Gasteiger partial charge in [-0.15, -0.1) is 0 Å². The molecule has 0 heterocycles. The highest BCUT2D eigenvalue weighted by molar-refractivity contribution is 4.95. The Morgan fingerprint density at radius 1 is 1.10 bits per heavy atom. The Hall–Kier alpha value is -0.0800. The average Bonchev–Trinajstić information content (AvgIpc) is 2.48. The minimum Gasteiger partial charge on any atom is -0.313 e. The first-order chi connectivity index (χ1) is 9.91. The van der Waals surface area contributed by atoms with Gasteiger partial charge in [0.05, 0.1) is 0 Å². The van der Waals surface area contributed by atoms with Crippen LogP contribution < -0.4 is 5.32 Å². The Kier molecular flexibility index (Phi) is 7.70. The fraction of sp³-hybridized carbons (Fsp3) is 1.00. The molecule has 0 bridgehead atoms. The average molecular weight is 297 g/mol. The molecule has 0 aromatic carbocycles. The number of hydrogen-bond acceptors (Lipinski definition) is 2. The fourth-order valence-corrected chi connectivity index (χ4v) is 4.23. The summed E-state index contributed by atoms with van der Waals surface area (Å²) in [6.45, 7) is 15.3. The molecule has 3 unspecified atom stereocenters. The number of nitrogens with zero attached hydrogens (tertiary/aromatic N) is 1. The van der Waals surface area contributed by atoms with Crippen molar-refractivity contribution in [2.45, 2.75) is 98.2 Å². The zero-order valence-corrected chi connectivity index (χ0v) is 15.7. The molecule has 2 heteroatoms. The molecule has 0 amide bonds. The first-order valence-electron chi connectivity index (χ1n) is 9.36. The third kappa shape index (κ3) is 4.69. The molecule has 0 aromatic heterocycles. The Labute approximate surface area is 134 Å². The standard InChI is InChI=1S/C19H40N2/c1-8-16(9-2)21(7)18-14-15(19(5,6)10-3)12-13-17(18)20-11-4/h15-18,20H,8-14H2,1-7H3. The third-order valence-corrected chi connectivity index (χ3v) is 6.34. The van der Waals surface area contributed by atoms with Crippen LogP contribution in [0.4, 0.5) is 0 Å². The molecule has 126 valence electrons.